The van der Waals surface area contributed by atoms with Crippen LogP contribution >= 0.6 is 0 Å². The molecule has 0 aromatic carbocycles. The van der Waals surface area contributed by atoms with Crippen LogP contribution in [0.5, 0.6) is 0 Å². The molecule has 0 amide bonds. The van der Waals surface area contributed by atoms with E-state index < -0.39 is 0 Å². The Morgan fingerprint density at radius 2 is 1.81 bits per heavy atom. The largest absolute Gasteiger partial charge is 0.394 e. The van der Waals surface area contributed by atoms with Crippen LogP contribution in [0.3, 0.4) is 0 Å². The van der Waals surface area contributed by atoms with Gasteiger partial charge in [0.05, 0.1) is 11.4 Å². The molecule has 1 saturated heterocycles. The minimum Gasteiger partial charge on any atom is -0.394 e. The molecule has 2 N–H and O–H groups in total. The molecule has 0 saturated carbocycles. The summed E-state index contributed by atoms with van der Waals surface area (Å²) in [6, 6.07) is 0. The Morgan fingerprint density at radius 3 is 2.31 bits per heavy atom. The van der Waals surface area contributed by atoms with Crippen molar-refractivity contribution in [2.75, 3.05) is 43.9 Å². The summed E-state index contributed by atoms with van der Waals surface area (Å²) < 4.78 is 1.92. The molecule has 90 valence electrons. The molecule has 0 spiro atoms. The van der Waals surface area contributed by atoms with Crippen LogP contribution in [0.25, 0.3) is 0 Å². The van der Waals surface area contributed by atoms with Gasteiger partial charge in [-0.1, -0.05) is 6.92 Å². The number of aromatic nitrogens is 2. The molecule has 16 heavy (non-hydrogen) atoms. The summed E-state index contributed by atoms with van der Waals surface area (Å²) in [7, 11) is 4.13. The van der Waals surface area contributed by atoms with Gasteiger partial charge >= 0.3 is 0 Å². The molecule has 0 radical (unpaired) electrons. The smallest absolute Gasteiger partial charge is 0.150 e. The molecule has 2 rings (SSSR count). The molecule has 5 heteroatoms. The zero-order valence-electron chi connectivity index (χ0n) is 10.4. The van der Waals surface area contributed by atoms with Crippen LogP contribution in [0.2, 0.25) is 0 Å². The highest BCUT2D eigenvalue weighted by Gasteiger charge is 2.21. The second kappa shape index (κ2) is 4.33. The average molecular weight is 223 g/mol. The van der Waals surface area contributed by atoms with Gasteiger partial charge in [-0.25, -0.2) is 0 Å². The third-order valence-corrected chi connectivity index (χ3v) is 3.27. The lowest BCUT2D eigenvalue weighted by atomic mass is 10.2. The van der Waals surface area contributed by atoms with Crippen LogP contribution in [-0.4, -0.2) is 47.9 Å². The van der Waals surface area contributed by atoms with E-state index in [4.69, 9.17) is 5.73 Å². The van der Waals surface area contributed by atoms with Crippen LogP contribution < -0.4 is 10.6 Å². The Labute approximate surface area is 96.8 Å². The van der Waals surface area contributed by atoms with E-state index in [1.165, 1.54) is 0 Å². The van der Waals surface area contributed by atoms with Gasteiger partial charge < -0.3 is 15.5 Å². The maximum Gasteiger partial charge on any atom is 0.150 e. The number of nitrogens with zero attached hydrogens (tertiary/aromatic N) is 4. The van der Waals surface area contributed by atoms with E-state index >= 15 is 0 Å². The third-order valence-electron chi connectivity index (χ3n) is 3.27. The van der Waals surface area contributed by atoms with Gasteiger partial charge in [0.1, 0.15) is 5.82 Å². The third kappa shape index (κ3) is 1.87. The fraction of sp³-hybridized carbons (Fsp3) is 0.727. The van der Waals surface area contributed by atoms with Crippen LogP contribution in [0, 0.1) is 0 Å². The molecule has 1 fully saturated rings. The van der Waals surface area contributed by atoms with Gasteiger partial charge in [0.25, 0.3) is 0 Å². The minimum atomic E-state index is 0.856. The monoisotopic (exact) mass is 223 g/mol. The van der Waals surface area contributed by atoms with Crippen LogP contribution in [0.15, 0.2) is 0 Å². The zero-order valence-corrected chi connectivity index (χ0v) is 10.4. The zero-order chi connectivity index (χ0) is 11.7. The molecule has 5 nitrogen and oxygen atoms in total. The van der Waals surface area contributed by atoms with E-state index in [9.17, 15) is 0 Å². The topological polar surface area (TPSA) is 50.3 Å². The molecule has 1 aromatic heterocycles. The van der Waals surface area contributed by atoms with Gasteiger partial charge in [-0.15, -0.1) is 0 Å². The highest BCUT2D eigenvalue weighted by atomic mass is 15.4. The number of aryl methyl sites for hydroxylation is 2. The molecule has 2 heterocycles. The summed E-state index contributed by atoms with van der Waals surface area (Å²) in [6.45, 7) is 6.33. The van der Waals surface area contributed by atoms with E-state index in [0.717, 1.165) is 49.8 Å². The van der Waals surface area contributed by atoms with E-state index in [2.05, 4.69) is 28.9 Å². The molecule has 0 bridgehead atoms. The molecular formula is C11H21N5. The average Bonchev–Trinajstić information content (AvgIpc) is 2.56. The van der Waals surface area contributed by atoms with Gasteiger partial charge in [-0.2, -0.15) is 5.10 Å². The Balaban J connectivity index is 2.23. The molecule has 0 aliphatic carbocycles. The SMILES string of the molecule is CCc1nn(C)c(N2CCN(C)CC2)c1N. The van der Waals surface area contributed by atoms with Crippen LogP contribution in [0.1, 0.15) is 12.6 Å². The fourth-order valence-corrected chi connectivity index (χ4v) is 2.24. The summed E-state index contributed by atoms with van der Waals surface area (Å²) in [6.07, 6.45) is 0.896. The second-order valence-corrected chi connectivity index (χ2v) is 4.45. The highest BCUT2D eigenvalue weighted by Crippen LogP contribution is 2.27. The quantitative estimate of drug-likeness (QED) is 0.784. The van der Waals surface area contributed by atoms with E-state index in [1.807, 2.05) is 11.7 Å². The molecule has 1 aromatic rings. The van der Waals surface area contributed by atoms with Crippen molar-refractivity contribution in [1.82, 2.24) is 14.7 Å². The molecule has 1 aliphatic heterocycles. The van der Waals surface area contributed by atoms with Gasteiger partial charge in [-0.3, -0.25) is 4.68 Å². The minimum absolute atomic E-state index is 0.856. The number of hydrogen-bond donors (Lipinski definition) is 1. The summed E-state index contributed by atoms with van der Waals surface area (Å²) >= 11 is 0. The van der Waals surface area contributed by atoms with Gasteiger partial charge in [0.15, 0.2) is 0 Å². The molecule has 0 atom stereocenters. The van der Waals surface area contributed by atoms with Gasteiger partial charge in [0, 0.05) is 33.2 Å². The maximum atomic E-state index is 6.14. The maximum absolute atomic E-state index is 6.14. The van der Waals surface area contributed by atoms with Crippen molar-refractivity contribution in [2.24, 2.45) is 7.05 Å². The van der Waals surface area contributed by atoms with Gasteiger partial charge in [-0.05, 0) is 13.5 Å². The number of anilines is 2. The number of nitrogen functional groups attached to an aromatic ring is 1. The van der Waals surface area contributed by atoms with E-state index in [0.29, 0.717) is 0 Å². The summed E-state index contributed by atoms with van der Waals surface area (Å²) in [4.78, 5) is 4.67. The lowest BCUT2D eigenvalue weighted by Crippen LogP contribution is -2.45. The Kier molecular flexibility index (Phi) is 3.05. The first-order valence-corrected chi connectivity index (χ1v) is 5.88. The lowest BCUT2D eigenvalue weighted by Gasteiger charge is -2.33. The summed E-state index contributed by atoms with van der Waals surface area (Å²) in [5.74, 6) is 1.09. The van der Waals surface area contributed by atoms with Crippen molar-refractivity contribution in [1.29, 1.82) is 0 Å². The first-order valence-electron chi connectivity index (χ1n) is 5.88. The summed E-state index contributed by atoms with van der Waals surface area (Å²) in [5, 5.41) is 4.46. The van der Waals surface area contributed by atoms with Crippen molar-refractivity contribution in [3.63, 3.8) is 0 Å². The van der Waals surface area contributed by atoms with E-state index in [1.54, 1.807) is 0 Å². The number of piperazine rings is 1. The van der Waals surface area contributed by atoms with Gasteiger partial charge in [0.2, 0.25) is 0 Å². The Morgan fingerprint density at radius 1 is 1.19 bits per heavy atom. The number of rotatable bonds is 2. The lowest BCUT2D eigenvalue weighted by molar-refractivity contribution is 0.311. The fourth-order valence-electron chi connectivity index (χ4n) is 2.24. The second-order valence-electron chi connectivity index (χ2n) is 4.45. The number of likely N-dealkylation sites (N-methyl/N-ethyl adjacent to an activating group) is 1. The first kappa shape index (κ1) is 11.3. The van der Waals surface area contributed by atoms with Crippen LogP contribution in [0.4, 0.5) is 11.5 Å². The molecular weight excluding hydrogens is 202 g/mol. The number of hydrogen-bond acceptors (Lipinski definition) is 4. The van der Waals surface area contributed by atoms with E-state index in [-0.39, 0.29) is 0 Å². The highest BCUT2D eigenvalue weighted by molar-refractivity contribution is 5.66. The standard InChI is InChI=1S/C11H21N5/c1-4-9-10(12)11(15(3)13-9)16-7-5-14(2)6-8-16/h4-8,12H2,1-3H3. The predicted molar refractivity (Wildman–Crippen MR) is 66.7 cm³/mol. The van der Waals surface area contributed by atoms with Crippen molar-refractivity contribution in [2.45, 2.75) is 13.3 Å². The predicted octanol–water partition coefficient (Wildman–Crippen LogP) is 0.317. The first-order chi connectivity index (χ1) is 7.63. The summed E-state index contributed by atoms with van der Waals surface area (Å²) in [5.41, 5.74) is 8.01. The van der Waals surface area contributed by atoms with Crippen molar-refractivity contribution < 1.29 is 0 Å². The van der Waals surface area contributed by atoms with Crippen molar-refractivity contribution in [3.8, 4) is 0 Å². The Bertz CT molecular complexity index is 363. The Hall–Kier alpha value is -1.23. The molecule has 0 unspecified atom stereocenters. The van der Waals surface area contributed by atoms with Crippen molar-refractivity contribution in [3.05, 3.63) is 5.69 Å². The number of nitrogens with two attached hydrogens (primary N) is 1. The van der Waals surface area contributed by atoms with Crippen molar-refractivity contribution >= 4 is 11.5 Å². The van der Waals surface area contributed by atoms with Crippen LogP contribution in [-0.2, 0) is 13.5 Å². The normalized spacial score (nSPS) is 18.1. The molecule has 1 aliphatic rings.